The average Bonchev–Trinajstić information content (AvgIpc) is 3.15. The van der Waals surface area contributed by atoms with Crippen molar-refractivity contribution in [1.82, 2.24) is 4.31 Å². The van der Waals surface area contributed by atoms with E-state index in [0.717, 1.165) is 19.3 Å². The first-order chi connectivity index (χ1) is 12.1. The van der Waals surface area contributed by atoms with Gasteiger partial charge in [0, 0.05) is 24.9 Å². The van der Waals surface area contributed by atoms with Crippen molar-refractivity contribution in [1.29, 1.82) is 0 Å². The van der Waals surface area contributed by atoms with Crippen molar-refractivity contribution >= 4 is 27.7 Å². The van der Waals surface area contributed by atoms with Gasteiger partial charge in [-0.05, 0) is 55.3 Å². The zero-order valence-corrected chi connectivity index (χ0v) is 14.5. The van der Waals surface area contributed by atoms with Crippen LogP contribution in [0.15, 0.2) is 58.1 Å². The quantitative estimate of drug-likeness (QED) is 0.831. The van der Waals surface area contributed by atoms with Gasteiger partial charge in [0.05, 0.1) is 11.2 Å². The Morgan fingerprint density at radius 2 is 1.80 bits per heavy atom. The van der Waals surface area contributed by atoms with Gasteiger partial charge >= 0.3 is 0 Å². The van der Waals surface area contributed by atoms with Gasteiger partial charge in [-0.25, -0.2) is 8.42 Å². The lowest BCUT2D eigenvalue weighted by Gasteiger charge is -2.25. The number of nitrogens with zero attached hydrogens (tertiary/aromatic N) is 1. The molecule has 0 unspecified atom stereocenters. The number of furan rings is 1. The summed E-state index contributed by atoms with van der Waals surface area (Å²) >= 11 is 0. The fourth-order valence-electron chi connectivity index (χ4n) is 2.69. The van der Waals surface area contributed by atoms with Crippen LogP contribution in [0, 0.1) is 0 Å². The van der Waals surface area contributed by atoms with E-state index in [2.05, 4.69) is 5.32 Å². The van der Waals surface area contributed by atoms with E-state index in [-0.39, 0.29) is 10.8 Å². The molecule has 1 saturated heterocycles. The summed E-state index contributed by atoms with van der Waals surface area (Å²) < 4.78 is 31.8. The van der Waals surface area contributed by atoms with Gasteiger partial charge in [-0.2, -0.15) is 4.31 Å². The van der Waals surface area contributed by atoms with Gasteiger partial charge in [0.25, 0.3) is 0 Å². The number of hydrogen-bond donors (Lipinski definition) is 1. The Labute approximate surface area is 147 Å². The van der Waals surface area contributed by atoms with Crippen molar-refractivity contribution < 1.29 is 17.6 Å². The van der Waals surface area contributed by atoms with Crippen molar-refractivity contribution in [3.05, 3.63) is 54.5 Å². The van der Waals surface area contributed by atoms with Gasteiger partial charge < -0.3 is 9.73 Å². The van der Waals surface area contributed by atoms with Crippen molar-refractivity contribution in [3.8, 4) is 0 Å². The fraction of sp³-hybridized carbons (Fsp3) is 0.278. The van der Waals surface area contributed by atoms with Crippen LogP contribution in [0.5, 0.6) is 0 Å². The molecule has 1 N–H and O–H groups in total. The minimum atomic E-state index is -3.45. The molecule has 1 aliphatic rings. The molecule has 1 fully saturated rings. The van der Waals surface area contributed by atoms with Crippen LogP contribution in [0.2, 0.25) is 0 Å². The summed E-state index contributed by atoms with van der Waals surface area (Å²) in [6, 6.07) is 9.71. The second-order valence-electron chi connectivity index (χ2n) is 5.83. The first-order valence-corrected chi connectivity index (χ1v) is 9.62. The summed E-state index contributed by atoms with van der Waals surface area (Å²) in [4.78, 5) is 12.1. The van der Waals surface area contributed by atoms with E-state index in [0.29, 0.717) is 24.5 Å². The smallest absolute Gasteiger partial charge is 0.248 e. The maximum absolute atomic E-state index is 12.6. The number of amides is 1. The largest absolute Gasteiger partial charge is 0.465 e. The molecule has 2 heterocycles. The Kier molecular flexibility index (Phi) is 5.35. The van der Waals surface area contributed by atoms with E-state index in [1.807, 2.05) is 0 Å². The Hall–Kier alpha value is -2.38. The number of carbonyl (C=O) groups excluding carboxylic acids is 1. The van der Waals surface area contributed by atoms with Crippen molar-refractivity contribution in [2.45, 2.75) is 24.2 Å². The van der Waals surface area contributed by atoms with E-state index in [9.17, 15) is 13.2 Å². The van der Waals surface area contributed by atoms with Crippen molar-refractivity contribution in [2.24, 2.45) is 0 Å². The van der Waals surface area contributed by atoms with Crippen LogP contribution >= 0.6 is 0 Å². The Balaban J connectivity index is 1.64. The molecule has 25 heavy (non-hydrogen) atoms. The number of rotatable bonds is 5. The molecule has 3 rings (SSSR count). The lowest BCUT2D eigenvalue weighted by atomic mass is 10.2. The molecular formula is C18H20N2O4S. The molecule has 0 aliphatic carbocycles. The standard InChI is InChI=1S/C18H20N2O4S/c21-18(11-8-16-5-4-14-24-16)19-15-6-9-17(10-7-15)25(22,23)20-12-2-1-3-13-20/h4-11,14H,1-3,12-13H2,(H,19,21)/b11-8-. The summed E-state index contributed by atoms with van der Waals surface area (Å²) in [7, 11) is -3.45. The molecule has 0 spiro atoms. The first-order valence-electron chi connectivity index (χ1n) is 8.18. The summed E-state index contributed by atoms with van der Waals surface area (Å²) in [6.45, 7) is 1.14. The third kappa shape index (κ3) is 4.37. The highest BCUT2D eigenvalue weighted by molar-refractivity contribution is 7.89. The average molecular weight is 360 g/mol. The monoisotopic (exact) mass is 360 g/mol. The molecule has 1 aromatic carbocycles. The number of hydrogen-bond acceptors (Lipinski definition) is 4. The molecule has 0 bridgehead atoms. The highest BCUT2D eigenvalue weighted by Crippen LogP contribution is 2.22. The van der Waals surface area contributed by atoms with Crippen molar-refractivity contribution in [2.75, 3.05) is 18.4 Å². The third-order valence-corrected chi connectivity index (χ3v) is 5.93. The molecule has 6 nitrogen and oxygen atoms in total. The van der Waals surface area contributed by atoms with Crippen LogP contribution in [-0.4, -0.2) is 31.7 Å². The third-order valence-electron chi connectivity index (χ3n) is 4.02. The van der Waals surface area contributed by atoms with Gasteiger partial charge in [-0.15, -0.1) is 0 Å². The van der Waals surface area contributed by atoms with Gasteiger partial charge in [-0.1, -0.05) is 6.42 Å². The molecule has 1 aliphatic heterocycles. The maximum Gasteiger partial charge on any atom is 0.248 e. The van der Waals surface area contributed by atoms with E-state index in [4.69, 9.17) is 4.42 Å². The Morgan fingerprint density at radius 3 is 2.44 bits per heavy atom. The van der Waals surface area contributed by atoms with Gasteiger partial charge in [0.15, 0.2) is 0 Å². The molecule has 1 aromatic heterocycles. The summed E-state index contributed by atoms with van der Waals surface area (Å²) in [5, 5.41) is 2.69. The molecule has 0 radical (unpaired) electrons. The topological polar surface area (TPSA) is 79.6 Å². The second-order valence-corrected chi connectivity index (χ2v) is 7.77. The molecule has 0 atom stereocenters. The number of piperidine rings is 1. The molecule has 0 saturated carbocycles. The maximum atomic E-state index is 12.6. The number of nitrogens with one attached hydrogen (secondary N) is 1. The lowest BCUT2D eigenvalue weighted by Crippen LogP contribution is -2.35. The van der Waals surface area contributed by atoms with E-state index < -0.39 is 10.0 Å². The van der Waals surface area contributed by atoms with E-state index >= 15 is 0 Å². The van der Waals surface area contributed by atoms with Crippen LogP contribution in [0.25, 0.3) is 6.08 Å². The SMILES string of the molecule is O=C(/C=C\c1ccco1)Nc1ccc(S(=O)(=O)N2CCCCC2)cc1. The molecule has 132 valence electrons. The summed E-state index contributed by atoms with van der Waals surface area (Å²) in [5.41, 5.74) is 0.534. The summed E-state index contributed by atoms with van der Waals surface area (Å²) in [5.74, 6) is 0.265. The normalized spacial score (nSPS) is 16.2. The lowest BCUT2D eigenvalue weighted by molar-refractivity contribution is -0.111. The first kappa shape index (κ1) is 17.4. The van der Waals surface area contributed by atoms with Gasteiger partial charge in [-0.3, -0.25) is 4.79 Å². The van der Waals surface area contributed by atoms with Crippen LogP contribution in [0.1, 0.15) is 25.0 Å². The highest BCUT2D eigenvalue weighted by atomic mass is 32.2. The number of anilines is 1. The number of sulfonamides is 1. The number of carbonyl (C=O) groups is 1. The molecular weight excluding hydrogens is 340 g/mol. The number of benzene rings is 1. The van der Waals surface area contributed by atoms with E-state index in [1.54, 1.807) is 30.3 Å². The van der Waals surface area contributed by atoms with E-state index in [1.165, 1.54) is 28.8 Å². The molecule has 7 heteroatoms. The predicted octanol–water partition coefficient (Wildman–Crippen LogP) is 3.11. The molecule has 2 aromatic rings. The fourth-order valence-corrected chi connectivity index (χ4v) is 4.21. The van der Waals surface area contributed by atoms with Crippen LogP contribution < -0.4 is 5.32 Å². The Morgan fingerprint density at radius 1 is 1.08 bits per heavy atom. The predicted molar refractivity (Wildman–Crippen MR) is 95.4 cm³/mol. The van der Waals surface area contributed by atoms with Gasteiger partial charge in [0.1, 0.15) is 5.76 Å². The van der Waals surface area contributed by atoms with Crippen LogP contribution in [0.3, 0.4) is 0 Å². The second kappa shape index (κ2) is 7.67. The van der Waals surface area contributed by atoms with Crippen molar-refractivity contribution in [3.63, 3.8) is 0 Å². The molecule has 1 amide bonds. The van der Waals surface area contributed by atoms with Crippen LogP contribution in [0.4, 0.5) is 5.69 Å². The minimum absolute atomic E-state index is 0.249. The highest BCUT2D eigenvalue weighted by Gasteiger charge is 2.25. The Bertz CT molecular complexity index is 834. The van der Waals surface area contributed by atoms with Crippen LogP contribution in [-0.2, 0) is 14.8 Å². The zero-order valence-electron chi connectivity index (χ0n) is 13.7. The zero-order chi connectivity index (χ0) is 17.7. The minimum Gasteiger partial charge on any atom is -0.465 e. The summed E-state index contributed by atoms with van der Waals surface area (Å²) in [6.07, 6.45) is 7.31. The van der Waals surface area contributed by atoms with Gasteiger partial charge in [0.2, 0.25) is 15.9 Å².